The highest BCUT2D eigenvalue weighted by atomic mass is 79.9. The number of nitriles is 1. The first-order valence-electron chi connectivity index (χ1n) is 7.20. The van der Waals surface area contributed by atoms with Crippen LogP contribution >= 0.6 is 15.9 Å². The van der Waals surface area contributed by atoms with E-state index < -0.39 is 11.6 Å². The molecule has 5 heteroatoms. The standard InChI is InChI=1S/C19H13BrN2O2/c1-2-24-18(23)22-12-11-14-7-3-4-8-15(14)19(22,13-21)16-9-5-6-10-17(16)20/h2-12H,1H2/t19-/m1/s1. The minimum Gasteiger partial charge on any atom is -0.419 e. The van der Waals surface area contributed by atoms with Gasteiger partial charge in [-0.15, -0.1) is 0 Å². The van der Waals surface area contributed by atoms with E-state index in [2.05, 4.69) is 28.6 Å². The lowest BCUT2D eigenvalue weighted by Crippen LogP contribution is -2.48. The molecule has 1 aliphatic heterocycles. The molecule has 2 aromatic carbocycles. The molecule has 0 unspecified atom stereocenters. The third kappa shape index (κ3) is 2.32. The quantitative estimate of drug-likeness (QED) is 0.704. The maximum atomic E-state index is 12.5. The van der Waals surface area contributed by atoms with E-state index in [4.69, 9.17) is 4.74 Å². The third-order valence-corrected chi connectivity index (χ3v) is 4.61. The number of amides is 1. The van der Waals surface area contributed by atoms with Crippen molar-refractivity contribution in [2.24, 2.45) is 0 Å². The molecule has 0 fully saturated rings. The van der Waals surface area contributed by atoms with Crippen molar-refractivity contribution in [1.82, 2.24) is 4.90 Å². The van der Waals surface area contributed by atoms with Gasteiger partial charge in [-0.25, -0.2) is 4.79 Å². The second kappa shape index (κ2) is 6.34. The Labute approximate surface area is 148 Å². The highest BCUT2D eigenvalue weighted by Gasteiger charge is 2.47. The average molecular weight is 381 g/mol. The summed E-state index contributed by atoms with van der Waals surface area (Å²) in [4.78, 5) is 13.8. The van der Waals surface area contributed by atoms with Gasteiger partial charge in [-0.2, -0.15) is 5.26 Å². The van der Waals surface area contributed by atoms with Gasteiger partial charge < -0.3 is 4.74 Å². The molecule has 0 spiro atoms. The Hall–Kier alpha value is -2.84. The highest BCUT2D eigenvalue weighted by molar-refractivity contribution is 9.10. The number of halogens is 1. The van der Waals surface area contributed by atoms with E-state index in [9.17, 15) is 10.1 Å². The van der Waals surface area contributed by atoms with Crippen LogP contribution in [0.2, 0.25) is 0 Å². The second-order valence-corrected chi connectivity index (χ2v) is 5.98. The van der Waals surface area contributed by atoms with Gasteiger partial charge in [-0.3, -0.25) is 4.90 Å². The van der Waals surface area contributed by atoms with Gasteiger partial charge in [-0.1, -0.05) is 65.0 Å². The summed E-state index contributed by atoms with van der Waals surface area (Å²) in [5.74, 6) is 0. The topological polar surface area (TPSA) is 53.3 Å². The highest BCUT2D eigenvalue weighted by Crippen LogP contribution is 2.44. The van der Waals surface area contributed by atoms with Gasteiger partial charge >= 0.3 is 6.09 Å². The Morgan fingerprint density at radius 1 is 1.21 bits per heavy atom. The number of rotatable bonds is 2. The fraction of sp³-hybridized carbons (Fsp3) is 0.0526. The van der Waals surface area contributed by atoms with Crippen molar-refractivity contribution in [3.63, 3.8) is 0 Å². The van der Waals surface area contributed by atoms with Crippen LogP contribution in [-0.2, 0) is 10.3 Å². The third-order valence-electron chi connectivity index (χ3n) is 3.92. The number of fused-ring (bicyclic) bond motifs is 1. The molecule has 0 aliphatic carbocycles. The molecule has 0 N–H and O–H groups in total. The summed E-state index contributed by atoms with van der Waals surface area (Å²) in [6.45, 7) is 3.42. The zero-order chi connectivity index (χ0) is 17.2. The summed E-state index contributed by atoms with van der Waals surface area (Å²) in [7, 11) is 0. The first kappa shape index (κ1) is 16.0. The molecule has 3 rings (SSSR count). The molecule has 0 saturated heterocycles. The molecule has 1 atom stereocenters. The molecule has 118 valence electrons. The average Bonchev–Trinajstić information content (AvgIpc) is 2.61. The molecular weight excluding hydrogens is 368 g/mol. The number of hydrogen-bond acceptors (Lipinski definition) is 3. The van der Waals surface area contributed by atoms with Crippen LogP contribution in [0.4, 0.5) is 4.79 Å². The van der Waals surface area contributed by atoms with E-state index in [0.717, 1.165) is 16.3 Å². The van der Waals surface area contributed by atoms with Gasteiger partial charge in [0, 0.05) is 21.8 Å². The van der Waals surface area contributed by atoms with Crippen molar-refractivity contribution in [1.29, 1.82) is 5.26 Å². The Kier molecular flexibility index (Phi) is 4.24. The van der Waals surface area contributed by atoms with Gasteiger partial charge in [0.25, 0.3) is 0 Å². The molecule has 4 nitrogen and oxygen atoms in total. The maximum absolute atomic E-state index is 12.5. The number of ether oxygens (including phenoxy) is 1. The first-order chi connectivity index (χ1) is 11.6. The van der Waals surface area contributed by atoms with E-state index in [1.807, 2.05) is 48.5 Å². The van der Waals surface area contributed by atoms with Crippen LogP contribution in [0.5, 0.6) is 0 Å². The molecule has 1 aliphatic rings. The van der Waals surface area contributed by atoms with Gasteiger partial charge in [0.1, 0.15) is 6.07 Å². The van der Waals surface area contributed by atoms with Crippen LogP contribution in [-0.4, -0.2) is 11.0 Å². The van der Waals surface area contributed by atoms with Crippen LogP contribution in [0, 0.1) is 11.3 Å². The number of hydrogen-bond donors (Lipinski definition) is 0. The smallest absolute Gasteiger partial charge is 0.419 e. The molecule has 2 aromatic rings. The van der Waals surface area contributed by atoms with E-state index in [0.29, 0.717) is 11.1 Å². The lowest BCUT2D eigenvalue weighted by atomic mass is 9.78. The Balaban J connectivity index is 2.34. The van der Waals surface area contributed by atoms with Gasteiger partial charge in [0.2, 0.25) is 0 Å². The molecule has 1 heterocycles. The summed E-state index contributed by atoms with van der Waals surface area (Å²) >= 11 is 3.50. The fourth-order valence-electron chi connectivity index (χ4n) is 2.90. The predicted molar refractivity (Wildman–Crippen MR) is 94.5 cm³/mol. The molecule has 1 amide bonds. The van der Waals surface area contributed by atoms with Crippen LogP contribution in [0.1, 0.15) is 16.7 Å². The lowest BCUT2D eigenvalue weighted by Gasteiger charge is -2.40. The van der Waals surface area contributed by atoms with E-state index in [-0.39, 0.29) is 0 Å². The summed E-state index contributed by atoms with van der Waals surface area (Å²) < 4.78 is 5.68. The minimum atomic E-state index is -1.34. The van der Waals surface area contributed by atoms with Crippen molar-refractivity contribution in [2.75, 3.05) is 0 Å². The predicted octanol–water partition coefficient (Wildman–Crippen LogP) is 4.78. The molecule has 0 aromatic heterocycles. The molecule has 0 bridgehead atoms. The number of carbonyl (C=O) groups is 1. The summed E-state index contributed by atoms with van der Waals surface area (Å²) in [6, 6.07) is 17.2. The molecule has 0 saturated carbocycles. The number of carbonyl (C=O) groups excluding carboxylic acids is 1. The van der Waals surface area contributed by atoms with Crippen molar-refractivity contribution >= 4 is 28.1 Å². The van der Waals surface area contributed by atoms with Crippen molar-refractivity contribution in [2.45, 2.75) is 5.54 Å². The largest absolute Gasteiger partial charge is 0.420 e. The minimum absolute atomic E-state index is 0.658. The van der Waals surface area contributed by atoms with E-state index in [1.165, 1.54) is 4.90 Å². The van der Waals surface area contributed by atoms with Crippen LogP contribution in [0.15, 0.2) is 72.0 Å². The second-order valence-electron chi connectivity index (χ2n) is 5.13. The zero-order valence-corrected chi connectivity index (χ0v) is 14.2. The lowest BCUT2D eigenvalue weighted by molar-refractivity contribution is 0.132. The number of benzene rings is 2. The van der Waals surface area contributed by atoms with Crippen molar-refractivity contribution < 1.29 is 9.53 Å². The zero-order valence-electron chi connectivity index (χ0n) is 12.6. The van der Waals surface area contributed by atoms with Crippen LogP contribution in [0.3, 0.4) is 0 Å². The van der Waals surface area contributed by atoms with Gasteiger partial charge in [-0.05, 0) is 17.7 Å². The Morgan fingerprint density at radius 2 is 1.88 bits per heavy atom. The van der Waals surface area contributed by atoms with Crippen molar-refractivity contribution in [3.8, 4) is 6.07 Å². The Bertz CT molecular complexity index is 885. The molecule has 24 heavy (non-hydrogen) atoms. The van der Waals surface area contributed by atoms with E-state index in [1.54, 1.807) is 12.3 Å². The first-order valence-corrected chi connectivity index (χ1v) is 7.99. The van der Waals surface area contributed by atoms with Gasteiger partial charge in [0.15, 0.2) is 5.54 Å². The fourth-order valence-corrected chi connectivity index (χ4v) is 3.47. The summed E-state index contributed by atoms with van der Waals surface area (Å²) in [6.07, 6.45) is 3.73. The summed E-state index contributed by atoms with van der Waals surface area (Å²) in [5.41, 5.74) is 0.900. The molecular formula is C19H13BrN2O2. The van der Waals surface area contributed by atoms with Gasteiger partial charge in [0.05, 0.1) is 6.26 Å². The molecule has 0 radical (unpaired) electrons. The summed E-state index contributed by atoms with van der Waals surface area (Å²) in [5, 5.41) is 10.2. The normalized spacial score (nSPS) is 18.4. The maximum Gasteiger partial charge on any atom is 0.420 e. The number of nitrogens with zero attached hydrogens (tertiary/aromatic N) is 2. The van der Waals surface area contributed by atoms with Crippen LogP contribution in [0.25, 0.3) is 6.08 Å². The monoisotopic (exact) mass is 380 g/mol. The Morgan fingerprint density at radius 3 is 2.54 bits per heavy atom. The van der Waals surface area contributed by atoms with Crippen LogP contribution < -0.4 is 0 Å². The van der Waals surface area contributed by atoms with Crippen molar-refractivity contribution in [3.05, 3.63) is 88.7 Å². The van der Waals surface area contributed by atoms with E-state index >= 15 is 0 Å². The SMILES string of the molecule is C=COC(=O)N1C=Cc2ccccc2[C@]1(C#N)c1ccccc1Br.